The van der Waals surface area contributed by atoms with Gasteiger partial charge in [0.2, 0.25) is 11.5 Å². The summed E-state index contributed by atoms with van der Waals surface area (Å²) in [5.41, 5.74) is 2.19. The lowest BCUT2D eigenvalue weighted by atomic mass is 9.90. The monoisotopic (exact) mass is 358 g/mol. The van der Waals surface area contributed by atoms with E-state index in [0.717, 1.165) is 42.9 Å². The number of pyridine rings is 1. The first-order valence-electron chi connectivity index (χ1n) is 8.80. The van der Waals surface area contributed by atoms with Crippen LogP contribution in [0.3, 0.4) is 0 Å². The normalized spacial score (nSPS) is 15.3. The second-order valence-corrected chi connectivity index (χ2v) is 7.15. The van der Waals surface area contributed by atoms with Crippen LogP contribution >= 0.6 is 11.6 Å². The molecule has 1 aliphatic rings. The number of halogens is 1. The summed E-state index contributed by atoms with van der Waals surface area (Å²) in [5.74, 6) is 0.834. The number of hydrogen-bond acceptors (Lipinski definition) is 2. The molecule has 1 amide bonds. The van der Waals surface area contributed by atoms with Gasteiger partial charge in [-0.05, 0) is 54.9 Å². The number of nitrogens with zero attached hydrogens (tertiary/aromatic N) is 1. The number of aromatic amines is 1. The number of carbonyl (C=O) groups excluding carboxylic acids is 1. The average Bonchev–Trinajstić information content (AvgIpc) is 2.63. The van der Waals surface area contributed by atoms with Crippen LogP contribution in [0.5, 0.6) is 0 Å². The lowest BCUT2D eigenvalue weighted by molar-refractivity contribution is -0.132. The molecule has 2 heterocycles. The van der Waals surface area contributed by atoms with Gasteiger partial charge in [0.05, 0.1) is 0 Å². The Balaban J connectivity index is 1.43. The molecule has 4 nitrogen and oxygen atoms in total. The smallest absolute Gasteiger partial charge is 0.247 e. The van der Waals surface area contributed by atoms with Crippen LogP contribution in [0.4, 0.5) is 0 Å². The van der Waals surface area contributed by atoms with Gasteiger partial charge in [0, 0.05) is 36.8 Å². The molecule has 132 valence electrons. The highest BCUT2D eigenvalue weighted by atomic mass is 35.5. The molecule has 25 heavy (non-hydrogen) atoms. The SMILES string of the molecule is O=C(CCc1ccc(=O)[nH]c1)N1CCC(Cc2ccc(Cl)cc2)CC1. The number of amides is 1. The zero-order valence-corrected chi connectivity index (χ0v) is 15.0. The minimum atomic E-state index is -0.113. The standard InChI is InChI=1S/C20H23ClN2O2/c21-18-5-1-15(2-6-18)13-16-9-11-23(12-10-16)20(25)8-4-17-3-7-19(24)22-14-17/h1-3,5-7,14,16H,4,8-13H2,(H,22,24). The molecule has 0 saturated carbocycles. The van der Waals surface area contributed by atoms with Crippen molar-refractivity contribution in [2.45, 2.75) is 32.1 Å². The minimum Gasteiger partial charge on any atom is -0.343 e. The predicted molar refractivity (Wildman–Crippen MR) is 99.8 cm³/mol. The summed E-state index contributed by atoms with van der Waals surface area (Å²) in [6.07, 6.45) is 6.00. The second-order valence-electron chi connectivity index (χ2n) is 6.72. The predicted octanol–water partition coefficient (Wildman–Crippen LogP) is 3.44. The first kappa shape index (κ1) is 17.7. The second kappa shape index (κ2) is 8.34. The molecule has 1 aromatic carbocycles. The Kier molecular flexibility index (Phi) is 5.92. The number of aryl methyl sites for hydroxylation is 1. The molecule has 0 unspecified atom stereocenters. The van der Waals surface area contributed by atoms with Crippen molar-refractivity contribution in [3.63, 3.8) is 0 Å². The number of benzene rings is 1. The van der Waals surface area contributed by atoms with Crippen LogP contribution in [0.15, 0.2) is 47.4 Å². The lowest BCUT2D eigenvalue weighted by Crippen LogP contribution is -2.39. The van der Waals surface area contributed by atoms with Gasteiger partial charge in [0.15, 0.2) is 0 Å². The van der Waals surface area contributed by atoms with Crippen LogP contribution < -0.4 is 5.56 Å². The van der Waals surface area contributed by atoms with Crippen LogP contribution in [0.1, 0.15) is 30.4 Å². The average molecular weight is 359 g/mol. The minimum absolute atomic E-state index is 0.113. The van der Waals surface area contributed by atoms with E-state index in [1.165, 1.54) is 11.6 Å². The fourth-order valence-electron chi connectivity index (χ4n) is 3.35. The maximum absolute atomic E-state index is 12.4. The number of H-pyrrole nitrogens is 1. The summed E-state index contributed by atoms with van der Waals surface area (Å²) < 4.78 is 0. The van der Waals surface area contributed by atoms with Crippen LogP contribution in [0, 0.1) is 5.92 Å². The van der Waals surface area contributed by atoms with Crippen molar-refractivity contribution in [3.8, 4) is 0 Å². The van der Waals surface area contributed by atoms with Gasteiger partial charge in [0.1, 0.15) is 0 Å². The summed E-state index contributed by atoms with van der Waals surface area (Å²) in [7, 11) is 0. The summed E-state index contributed by atoms with van der Waals surface area (Å²) in [6.45, 7) is 1.67. The molecule has 1 aromatic heterocycles. The third-order valence-corrected chi connectivity index (χ3v) is 5.13. The van der Waals surface area contributed by atoms with Crippen molar-refractivity contribution >= 4 is 17.5 Å². The Labute approximate surface area is 152 Å². The van der Waals surface area contributed by atoms with Gasteiger partial charge in [-0.15, -0.1) is 0 Å². The Hall–Kier alpha value is -2.07. The molecule has 0 aliphatic carbocycles. The van der Waals surface area contributed by atoms with Crippen LogP contribution in [-0.2, 0) is 17.6 Å². The third kappa shape index (κ3) is 5.20. The third-order valence-electron chi connectivity index (χ3n) is 4.88. The number of rotatable bonds is 5. The highest BCUT2D eigenvalue weighted by Gasteiger charge is 2.22. The van der Waals surface area contributed by atoms with Crippen molar-refractivity contribution in [1.82, 2.24) is 9.88 Å². The van der Waals surface area contributed by atoms with Crippen LogP contribution in [0.2, 0.25) is 5.02 Å². The van der Waals surface area contributed by atoms with Gasteiger partial charge in [-0.1, -0.05) is 29.8 Å². The molecular formula is C20H23ClN2O2. The molecule has 1 N–H and O–H groups in total. The van der Waals surface area contributed by atoms with E-state index >= 15 is 0 Å². The summed E-state index contributed by atoms with van der Waals surface area (Å²) in [5, 5.41) is 0.770. The fourth-order valence-corrected chi connectivity index (χ4v) is 3.47. The molecule has 0 spiro atoms. The quantitative estimate of drug-likeness (QED) is 0.890. The topological polar surface area (TPSA) is 53.2 Å². The lowest BCUT2D eigenvalue weighted by Gasteiger charge is -2.32. The first-order valence-corrected chi connectivity index (χ1v) is 9.18. The van der Waals surface area contributed by atoms with Crippen molar-refractivity contribution in [2.75, 3.05) is 13.1 Å². The van der Waals surface area contributed by atoms with Gasteiger partial charge in [0.25, 0.3) is 0 Å². The van der Waals surface area contributed by atoms with Gasteiger partial charge in [-0.25, -0.2) is 0 Å². The Morgan fingerprint density at radius 2 is 1.76 bits per heavy atom. The van der Waals surface area contributed by atoms with E-state index in [1.807, 2.05) is 17.0 Å². The van der Waals surface area contributed by atoms with Crippen molar-refractivity contribution < 1.29 is 4.79 Å². The van der Waals surface area contributed by atoms with E-state index in [4.69, 9.17) is 11.6 Å². The molecular weight excluding hydrogens is 336 g/mol. The Morgan fingerprint density at radius 3 is 2.40 bits per heavy atom. The first-order chi connectivity index (χ1) is 12.1. The van der Waals surface area contributed by atoms with E-state index in [9.17, 15) is 9.59 Å². The van der Waals surface area contributed by atoms with E-state index in [1.54, 1.807) is 12.3 Å². The maximum Gasteiger partial charge on any atom is 0.247 e. The number of piperidine rings is 1. The highest BCUT2D eigenvalue weighted by Crippen LogP contribution is 2.23. The zero-order chi connectivity index (χ0) is 17.6. The molecule has 3 rings (SSSR count). The van der Waals surface area contributed by atoms with Crippen molar-refractivity contribution in [1.29, 1.82) is 0 Å². The van der Waals surface area contributed by atoms with Gasteiger partial charge < -0.3 is 9.88 Å². The van der Waals surface area contributed by atoms with E-state index in [2.05, 4.69) is 17.1 Å². The van der Waals surface area contributed by atoms with E-state index < -0.39 is 0 Å². The molecule has 0 atom stereocenters. The fraction of sp³-hybridized carbons (Fsp3) is 0.400. The molecule has 0 radical (unpaired) electrons. The molecule has 0 bridgehead atoms. The van der Waals surface area contributed by atoms with E-state index in [0.29, 0.717) is 18.8 Å². The van der Waals surface area contributed by atoms with Crippen molar-refractivity contribution in [2.24, 2.45) is 5.92 Å². The number of hydrogen-bond donors (Lipinski definition) is 1. The largest absolute Gasteiger partial charge is 0.343 e. The highest BCUT2D eigenvalue weighted by molar-refractivity contribution is 6.30. The number of nitrogens with one attached hydrogen (secondary N) is 1. The van der Waals surface area contributed by atoms with Gasteiger partial charge >= 0.3 is 0 Å². The molecule has 1 fully saturated rings. The Bertz CT molecular complexity index is 742. The summed E-state index contributed by atoms with van der Waals surface area (Å²) in [6, 6.07) is 11.3. The molecule has 2 aromatic rings. The van der Waals surface area contributed by atoms with Crippen molar-refractivity contribution in [3.05, 3.63) is 69.1 Å². The summed E-state index contributed by atoms with van der Waals surface area (Å²) >= 11 is 5.93. The van der Waals surface area contributed by atoms with Gasteiger partial charge in [-0.3, -0.25) is 9.59 Å². The zero-order valence-electron chi connectivity index (χ0n) is 14.2. The van der Waals surface area contributed by atoms with Crippen LogP contribution in [0.25, 0.3) is 0 Å². The maximum atomic E-state index is 12.4. The van der Waals surface area contributed by atoms with Crippen LogP contribution in [-0.4, -0.2) is 28.9 Å². The number of carbonyl (C=O) groups is 1. The Morgan fingerprint density at radius 1 is 1.08 bits per heavy atom. The molecule has 1 saturated heterocycles. The molecule has 5 heteroatoms. The molecule has 1 aliphatic heterocycles. The van der Waals surface area contributed by atoms with Gasteiger partial charge in [-0.2, -0.15) is 0 Å². The number of aromatic nitrogens is 1. The number of likely N-dealkylation sites (tertiary alicyclic amines) is 1. The summed E-state index contributed by atoms with van der Waals surface area (Å²) in [4.78, 5) is 28.1. The van der Waals surface area contributed by atoms with E-state index in [-0.39, 0.29) is 11.5 Å².